The maximum atomic E-state index is 6.17. The van der Waals surface area contributed by atoms with E-state index in [9.17, 15) is 0 Å². The van der Waals surface area contributed by atoms with Crippen molar-refractivity contribution in [3.05, 3.63) is 38.4 Å². The normalized spacial score (nSPS) is 11.0. The van der Waals surface area contributed by atoms with Gasteiger partial charge in [-0.3, -0.25) is 4.98 Å². The molecule has 2 aromatic heterocycles. The van der Waals surface area contributed by atoms with Gasteiger partial charge in [0.25, 0.3) is 0 Å². The lowest BCUT2D eigenvalue weighted by Gasteiger charge is -2.10. The van der Waals surface area contributed by atoms with Crippen molar-refractivity contribution in [2.24, 2.45) is 0 Å². The second-order valence-corrected chi connectivity index (χ2v) is 5.82. The van der Waals surface area contributed by atoms with Crippen LogP contribution in [0.5, 0.6) is 0 Å². The number of aromatic nitrogens is 3. The van der Waals surface area contributed by atoms with E-state index in [-0.39, 0.29) is 0 Å². The molecule has 0 aliphatic carbocycles. The Kier molecular flexibility index (Phi) is 4.17. The average Bonchev–Trinajstić information content (AvgIpc) is 2.33. The zero-order chi connectivity index (χ0) is 13.3. The van der Waals surface area contributed by atoms with Crippen LogP contribution in [0.15, 0.2) is 18.3 Å². The number of halogens is 2. The average molecular weight is 374 g/mol. The molecule has 0 saturated carbocycles. The van der Waals surface area contributed by atoms with Gasteiger partial charge in [0.2, 0.25) is 0 Å². The molecule has 0 radical (unpaired) electrons. The summed E-state index contributed by atoms with van der Waals surface area (Å²) in [6.45, 7) is 6.14. The molecule has 5 heteroatoms. The second-order valence-electron chi connectivity index (χ2n) is 4.38. The zero-order valence-electron chi connectivity index (χ0n) is 10.4. The lowest BCUT2D eigenvalue weighted by Crippen LogP contribution is -2.02. The van der Waals surface area contributed by atoms with Crippen molar-refractivity contribution < 1.29 is 0 Å². The smallest absolute Gasteiger partial charge is 0.162 e. The van der Waals surface area contributed by atoms with Gasteiger partial charge in [-0.15, -0.1) is 0 Å². The molecule has 0 N–H and O–H groups in total. The molecule has 2 rings (SSSR count). The Morgan fingerprint density at radius 2 is 1.94 bits per heavy atom. The minimum atomic E-state index is 0.314. The maximum absolute atomic E-state index is 6.17. The Hall–Kier alpha value is -0.750. The molecule has 0 unspecified atom stereocenters. The van der Waals surface area contributed by atoms with Gasteiger partial charge in [0.15, 0.2) is 5.82 Å². The van der Waals surface area contributed by atoms with Crippen molar-refractivity contribution in [3.8, 4) is 11.4 Å². The highest BCUT2D eigenvalue weighted by Crippen LogP contribution is 2.27. The first-order valence-corrected chi connectivity index (χ1v) is 7.10. The molecular weight excluding hydrogens is 361 g/mol. The lowest BCUT2D eigenvalue weighted by atomic mass is 10.1. The van der Waals surface area contributed by atoms with E-state index < -0.39 is 0 Å². The van der Waals surface area contributed by atoms with Crippen molar-refractivity contribution >= 4 is 34.2 Å². The molecule has 3 nitrogen and oxygen atoms in total. The molecule has 0 aromatic carbocycles. The fourth-order valence-corrected chi connectivity index (χ4v) is 2.59. The number of nitrogens with zero attached hydrogens (tertiary/aromatic N) is 3. The van der Waals surface area contributed by atoms with Crippen LogP contribution in [-0.4, -0.2) is 15.0 Å². The summed E-state index contributed by atoms with van der Waals surface area (Å²) in [5.41, 5.74) is 2.84. The Morgan fingerprint density at radius 3 is 2.50 bits per heavy atom. The highest BCUT2D eigenvalue weighted by molar-refractivity contribution is 14.1. The number of hydrogen-bond acceptors (Lipinski definition) is 3. The number of rotatable bonds is 2. The maximum Gasteiger partial charge on any atom is 0.162 e. The summed E-state index contributed by atoms with van der Waals surface area (Å²) in [6.07, 6.45) is 1.78. The molecular formula is C13H13ClIN3. The zero-order valence-corrected chi connectivity index (χ0v) is 13.3. The van der Waals surface area contributed by atoms with Gasteiger partial charge in [0.1, 0.15) is 5.15 Å². The third kappa shape index (κ3) is 2.80. The Labute approximate surface area is 125 Å². The molecule has 18 heavy (non-hydrogen) atoms. The van der Waals surface area contributed by atoms with Crippen molar-refractivity contribution in [1.29, 1.82) is 0 Å². The first-order chi connectivity index (χ1) is 8.49. The molecule has 0 bridgehead atoms. The monoisotopic (exact) mass is 373 g/mol. The highest BCUT2D eigenvalue weighted by Gasteiger charge is 2.14. The molecule has 0 aliphatic heterocycles. The van der Waals surface area contributed by atoms with Gasteiger partial charge in [0, 0.05) is 17.5 Å². The van der Waals surface area contributed by atoms with Crippen LogP contribution in [-0.2, 0) is 0 Å². The third-order valence-electron chi connectivity index (χ3n) is 2.55. The molecule has 0 amide bonds. The summed E-state index contributed by atoms with van der Waals surface area (Å²) in [6, 6.07) is 3.91. The van der Waals surface area contributed by atoms with E-state index in [1.54, 1.807) is 6.20 Å². The van der Waals surface area contributed by atoms with Gasteiger partial charge in [-0.05, 0) is 47.6 Å². The van der Waals surface area contributed by atoms with E-state index in [1.807, 2.05) is 19.1 Å². The summed E-state index contributed by atoms with van der Waals surface area (Å²) >= 11 is 8.35. The SMILES string of the molecule is Cc1ccc(-c2nc(Cl)c(I)c(C(C)C)n2)cn1. The van der Waals surface area contributed by atoms with Gasteiger partial charge >= 0.3 is 0 Å². The van der Waals surface area contributed by atoms with E-state index in [0.717, 1.165) is 20.5 Å². The van der Waals surface area contributed by atoms with Gasteiger partial charge in [-0.25, -0.2) is 9.97 Å². The molecule has 2 aromatic rings. The molecule has 2 heterocycles. The standard InChI is InChI=1S/C13H13ClIN3/c1-7(2)11-10(15)12(14)18-13(17-11)9-5-4-8(3)16-6-9/h4-7H,1-3H3. The van der Waals surface area contributed by atoms with Crippen molar-refractivity contribution in [1.82, 2.24) is 15.0 Å². The fourth-order valence-electron chi connectivity index (χ4n) is 1.55. The molecule has 94 valence electrons. The molecule has 0 atom stereocenters. The topological polar surface area (TPSA) is 38.7 Å². The minimum Gasteiger partial charge on any atom is -0.261 e. The Morgan fingerprint density at radius 1 is 1.22 bits per heavy atom. The van der Waals surface area contributed by atoms with Crippen LogP contribution in [0.25, 0.3) is 11.4 Å². The summed E-state index contributed by atoms with van der Waals surface area (Å²) in [5, 5.41) is 0.505. The highest BCUT2D eigenvalue weighted by atomic mass is 127. The van der Waals surface area contributed by atoms with Gasteiger partial charge < -0.3 is 0 Å². The van der Waals surface area contributed by atoms with E-state index in [2.05, 4.69) is 51.4 Å². The predicted octanol–water partition coefficient (Wildman–Crippen LogP) is 4.23. The molecule has 0 fully saturated rings. The summed E-state index contributed by atoms with van der Waals surface area (Å²) in [7, 11) is 0. The van der Waals surface area contributed by atoms with Crippen LogP contribution in [0.4, 0.5) is 0 Å². The van der Waals surface area contributed by atoms with E-state index in [0.29, 0.717) is 16.9 Å². The lowest BCUT2D eigenvalue weighted by molar-refractivity contribution is 0.808. The van der Waals surface area contributed by atoms with Crippen LogP contribution in [0.2, 0.25) is 5.15 Å². The minimum absolute atomic E-state index is 0.314. The quantitative estimate of drug-likeness (QED) is 0.584. The summed E-state index contributed by atoms with van der Waals surface area (Å²) in [5.74, 6) is 0.950. The number of pyridine rings is 1. The molecule has 0 saturated heterocycles. The summed E-state index contributed by atoms with van der Waals surface area (Å²) in [4.78, 5) is 13.2. The first kappa shape index (κ1) is 13.7. The largest absolute Gasteiger partial charge is 0.261 e. The summed E-state index contributed by atoms with van der Waals surface area (Å²) < 4.78 is 0.924. The number of hydrogen-bond donors (Lipinski definition) is 0. The Bertz CT molecular complexity index is 567. The third-order valence-corrected chi connectivity index (χ3v) is 4.21. The van der Waals surface area contributed by atoms with E-state index in [4.69, 9.17) is 11.6 Å². The van der Waals surface area contributed by atoms with Crippen LogP contribution < -0.4 is 0 Å². The fraction of sp³-hybridized carbons (Fsp3) is 0.308. The van der Waals surface area contributed by atoms with Crippen LogP contribution in [0, 0.1) is 10.5 Å². The van der Waals surface area contributed by atoms with E-state index in [1.165, 1.54) is 0 Å². The van der Waals surface area contributed by atoms with Crippen LogP contribution >= 0.6 is 34.2 Å². The predicted molar refractivity (Wildman–Crippen MR) is 81.8 cm³/mol. The van der Waals surface area contributed by atoms with Crippen LogP contribution in [0.3, 0.4) is 0 Å². The first-order valence-electron chi connectivity index (χ1n) is 5.65. The molecule has 0 spiro atoms. The Balaban J connectivity index is 2.55. The van der Waals surface area contributed by atoms with E-state index >= 15 is 0 Å². The second kappa shape index (κ2) is 5.48. The van der Waals surface area contributed by atoms with Crippen LogP contribution in [0.1, 0.15) is 31.2 Å². The van der Waals surface area contributed by atoms with Gasteiger partial charge in [0.05, 0.1) is 9.26 Å². The van der Waals surface area contributed by atoms with Crippen molar-refractivity contribution in [3.63, 3.8) is 0 Å². The van der Waals surface area contributed by atoms with Gasteiger partial charge in [-0.2, -0.15) is 0 Å². The van der Waals surface area contributed by atoms with Crippen molar-refractivity contribution in [2.75, 3.05) is 0 Å². The van der Waals surface area contributed by atoms with Crippen molar-refractivity contribution in [2.45, 2.75) is 26.7 Å². The molecule has 0 aliphatic rings. The number of aryl methyl sites for hydroxylation is 1. The van der Waals surface area contributed by atoms with Gasteiger partial charge in [-0.1, -0.05) is 25.4 Å².